The van der Waals surface area contributed by atoms with E-state index in [1.165, 1.54) is 0 Å². The molecule has 0 saturated heterocycles. The van der Waals surface area contributed by atoms with Crippen LogP contribution in [-0.4, -0.2) is 74.6 Å². The third-order valence-corrected chi connectivity index (χ3v) is 4.13. The average molecular weight is 437 g/mol. The monoisotopic (exact) mass is 436 g/mol. The summed E-state index contributed by atoms with van der Waals surface area (Å²) in [5.74, 6) is 0. The Hall–Kier alpha value is -2.09. The third kappa shape index (κ3) is 18.0. The fourth-order valence-corrected chi connectivity index (χ4v) is 3.09. The predicted octanol–water partition coefficient (Wildman–Crippen LogP) is 4.09. The first-order valence-corrected chi connectivity index (χ1v) is 10.6. The second-order valence-corrected chi connectivity index (χ2v) is 7.07. The molecule has 170 valence electrons. The molecule has 0 saturated carbocycles. The maximum absolute atomic E-state index is 8.44. The minimum Gasteiger partial charge on any atom is -0.784 e. The van der Waals surface area contributed by atoms with Crippen molar-refractivity contribution in [3.63, 3.8) is 0 Å². The lowest BCUT2D eigenvalue weighted by Crippen LogP contribution is -2.48. The first kappa shape index (κ1) is 32.6. The van der Waals surface area contributed by atoms with Crippen molar-refractivity contribution in [1.29, 1.82) is 0 Å². The van der Waals surface area contributed by atoms with Crippen LogP contribution in [0.2, 0.25) is 0 Å². The van der Waals surface area contributed by atoms with E-state index in [-0.39, 0.29) is 0 Å². The zero-order valence-corrected chi connectivity index (χ0v) is 19.3. The van der Waals surface area contributed by atoms with Crippen LogP contribution in [0.3, 0.4) is 0 Å². The van der Waals surface area contributed by atoms with Gasteiger partial charge in [-0.25, -0.2) is 0 Å². The van der Waals surface area contributed by atoms with E-state index in [0.717, 1.165) is 61.3 Å². The van der Waals surface area contributed by atoms with E-state index >= 15 is 0 Å². The standard InChI is InChI=1S/2C12H20N.H2O3S/c2*1-5-9-13(10-6-2,11-7-3)12-8-4;1-4(2)3/h2*5-8H,1-4,9-12H2;(H2,1,2,3)/q2*+1;/p-2. The molecular weight excluding hydrogens is 396 g/mol. The molecule has 0 amide bonds. The van der Waals surface area contributed by atoms with Crippen LogP contribution in [0.1, 0.15) is 0 Å². The Labute approximate surface area is 187 Å². The molecule has 30 heavy (non-hydrogen) atoms. The molecule has 0 aromatic rings. The zero-order valence-electron chi connectivity index (χ0n) is 18.5. The summed E-state index contributed by atoms with van der Waals surface area (Å²) in [5.41, 5.74) is 0. The highest BCUT2D eigenvalue weighted by Crippen LogP contribution is 2.08. The van der Waals surface area contributed by atoms with Gasteiger partial charge in [-0.1, -0.05) is 52.6 Å². The fourth-order valence-electron chi connectivity index (χ4n) is 3.09. The van der Waals surface area contributed by atoms with E-state index in [1.54, 1.807) is 0 Å². The SMILES string of the molecule is C=CC[N+](CC=C)(CC=C)CC=C.C=CC[N+](CC=C)(CC=C)CC=C.O=S([O-])[O-]. The Morgan fingerprint density at radius 3 is 0.633 bits per heavy atom. The van der Waals surface area contributed by atoms with Gasteiger partial charge < -0.3 is 18.1 Å². The van der Waals surface area contributed by atoms with Crippen LogP contribution in [0.4, 0.5) is 0 Å². The van der Waals surface area contributed by atoms with E-state index < -0.39 is 11.4 Å². The lowest BCUT2D eigenvalue weighted by molar-refractivity contribution is -0.906. The van der Waals surface area contributed by atoms with Gasteiger partial charge in [0.2, 0.25) is 0 Å². The minimum atomic E-state index is -3.11. The topological polar surface area (TPSA) is 63.2 Å². The summed E-state index contributed by atoms with van der Waals surface area (Å²) in [6, 6.07) is 0. The maximum Gasteiger partial charge on any atom is 0.0978 e. The summed E-state index contributed by atoms with van der Waals surface area (Å²) in [4.78, 5) is 0. The molecular formula is C24H40N2O3S. The van der Waals surface area contributed by atoms with Crippen molar-refractivity contribution in [1.82, 2.24) is 0 Å². The maximum atomic E-state index is 8.44. The van der Waals surface area contributed by atoms with Gasteiger partial charge in [-0.05, 0) is 48.6 Å². The molecule has 5 nitrogen and oxygen atoms in total. The van der Waals surface area contributed by atoms with Crippen LogP contribution in [0.5, 0.6) is 0 Å². The normalized spacial score (nSPS) is 10.2. The molecule has 0 aliphatic rings. The highest BCUT2D eigenvalue weighted by Gasteiger charge is 2.21. The molecule has 0 rings (SSSR count). The van der Waals surface area contributed by atoms with E-state index in [1.807, 2.05) is 48.6 Å². The van der Waals surface area contributed by atoms with Crippen molar-refractivity contribution >= 4 is 11.4 Å². The van der Waals surface area contributed by atoms with Gasteiger partial charge in [-0.3, -0.25) is 4.21 Å². The van der Waals surface area contributed by atoms with Crippen LogP contribution in [-0.2, 0) is 11.4 Å². The third-order valence-electron chi connectivity index (χ3n) is 4.13. The van der Waals surface area contributed by atoms with Crippen LogP contribution >= 0.6 is 0 Å². The first-order valence-electron chi connectivity index (χ1n) is 9.56. The first-order chi connectivity index (χ1) is 14.2. The molecule has 0 N–H and O–H groups in total. The summed E-state index contributed by atoms with van der Waals surface area (Å²) in [5, 5.41) is 0. The number of quaternary nitrogens is 2. The van der Waals surface area contributed by atoms with Crippen LogP contribution in [0.25, 0.3) is 0 Å². The lowest BCUT2D eigenvalue weighted by atomic mass is 10.3. The Kier molecular flexibility index (Phi) is 23.5. The summed E-state index contributed by atoms with van der Waals surface area (Å²) < 4.78 is 27.1. The van der Waals surface area contributed by atoms with Gasteiger partial charge in [-0.15, -0.1) is 11.4 Å². The minimum absolute atomic E-state index is 0.903. The molecule has 0 spiro atoms. The Morgan fingerprint density at radius 2 is 0.567 bits per heavy atom. The van der Waals surface area contributed by atoms with Gasteiger partial charge >= 0.3 is 0 Å². The fraction of sp³-hybridized carbons (Fsp3) is 0.333. The Balaban J connectivity index is -0.000000412. The molecule has 6 heteroatoms. The van der Waals surface area contributed by atoms with E-state index in [4.69, 9.17) is 13.3 Å². The van der Waals surface area contributed by atoms with Gasteiger partial charge in [0.25, 0.3) is 0 Å². The predicted molar refractivity (Wildman–Crippen MR) is 131 cm³/mol. The summed E-state index contributed by atoms with van der Waals surface area (Å²) in [7, 11) is 0. The molecule has 0 aromatic heterocycles. The highest BCUT2D eigenvalue weighted by atomic mass is 32.2. The van der Waals surface area contributed by atoms with Crippen molar-refractivity contribution in [2.75, 3.05) is 52.4 Å². The second kappa shape index (κ2) is 21.6. The van der Waals surface area contributed by atoms with E-state index in [0.29, 0.717) is 0 Å². The number of hydrogen-bond acceptors (Lipinski definition) is 3. The second-order valence-electron chi connectivity index (χ2n) is 6.66. The van der Waals surface area contributed by atoms with Gasteiger partial charge in [0.15, 0.2) is 0 Å². The number of rotatable bonds is 16. The summed E-state index contributed by atoms with van der Waals surface area (Å²) >= 11 is -3.11. The van der Waals surface area contributed by atoms with Crippen molar-refractivity contribution in [2.24, 2.45) is 0 Å². The number of hydrogen-bond donors (Lipinski definition) is 0. The largest absolute Gasteiger partial charge is 0.784 e. The molecule has 0 aliphatic heterocycles. The van der Waals surface area contributed by atoms with Crippen molar-refractivity contribution < 1.29 is 22.3 Å². The lowest BCUT2D eigenvalue weighted by Gasteiger charge is -2.35. The molecule has 0 radical (unpaired) electrons. The van der Waals surface area contributed by atoms with E-state index in [9.17, 15) is 0 Å². The molecule has 0 bridgehead atoms. The Bertz CT molecular complexity index is 432. The van der Waals surface area contributed by atoms with Crippen molar-refractivity contribution in [3.8, 4) is 0 Å². The zero-order chi connectivity index (χ0) is 23.9. The van der Waals surface area contributed by atoms with Crippen LogP contribution in [0, 0.1) is 0 Å². The highest BCUT2D eigenvalue weighted by molar-refractivity contribution is 7.72. The Morgan fingerprint density at radius 1 is 0.467 bits per heavy atom. The molecule has 0 unspecified atom stereocenters. The average Bonchev–Trinajstić information content (AvgIpc) is 2.64. The molecule has 0 fully saturated rings. The molecule has 0 aliphatic carbocycles. The van der Waals surface area contributed by atoms with E-state index in [2.05, 4.69) is 52.6 Å². The van der Waals surface area contributed by atoms with Crippen molar-refractivity contribution in [3.05, 3.63) is 101 Å². The van der Waals surface area contributed by atoms with Gasteiger partial charge in [0.05, 0.1) is 52.4 Å². The molecule has 0 aromatic carbocycles. The van der Waals surface area contributed by atoms with Gasteiger partial charge in [-0.2, -0.15) is 0 Å². The summed E-state index contributed by atoms with van der Waals surface area (Å²) in [6.45, 7) is 37.7. The smallest absolute Gasteiger partial charge is 0.0978 e. The van der Waals surface area contributed by atoms with Crippen LogP contribution < -0.4 is 0 Å². The van der Waals surface area contributed by atoms with Gasteiger partial charge in [0, 0.05) is 0 Å². The van der Waals surface area contributed by atoms with Crippen molar-refractivity contribution in [2.45, 2.75) is 0 Å². The number of nitrogens with zero attached hydrogens (tertiary/aromatic N) is 2. The molecule has 0 heterocycles. The quantitative estimate of drug-likeness (QED) is 0.208. The molecule has 0 atom stereocenters. The van der Waals surface area contributed by atoms with Gasteiger partial charge in [0.1, 0.15) is 0 Å². The summed E-state index contributed by atoms with van der Waals surface area (Å²) in [6.07, 6.45) is 15.5. The van der Waals surface area contributed by atoms with Crippen LogP contribution in [0.15, 0.2) is 101 Å².